The van der Waals surface area contributed by atoms with Crippen molar-refractivity contribution in [2.24, 2.45) is 5.10 Å². The second-order valence-electron chi connectivity index (χ2n) is 8.31. The van der Waals surface area contributed by atoms with Crippen LogP contribution in [0.2, 0.25) is 0 Å². The smallest absolute Gasteiger partial charge is 0.436 e. The zero-order chi connectivity index (χ0) is 23.8. The molecule has 2 aromatic rings. The quantitative estimate of drug-likeness (QED) is 0.365. The minimum Gasteiger partial charge on any atom is -0.436 e. The van der Waals surface area contributed by atoms with E-state index in [2.05, 4.69) is 19.7 Å². The van der Waals surface area contributed by atoms with E-state index < -0.39 is 16.9 Å². The van der Waals surface area contributed by atoms with Crippen LogP contribution in [0, 0.1) is 10.1 Å². The molecule has 0 aliphatic carbocycles. The van der Waals surface area contributed by atoms with E-state index >= 15 is 0 Å². The molecule has 1 fully saturated rings. The van der Waals surface area contributed by atoms with Crippen LogP contribution in [-0.2, 0) is 6.54 Å². The van der Waals surface area contributed by atoms with Crippen molar-refractivity contribution in [1.82, 2.24) is 19.5 Å². The Labute approximate surface area is 187 Å². The van der Waals surface area contributed by atoms with Crippen LogP contribution in [0.4, 0.5) is 19.0 Å². The van der Waals surface area contributed by atoms with Crippen LogP contribution in [-0.4, -0.2) is 74.8 Å². The van der Waals surface area contributed by atoms with E-state index in [-0.39, 0.29) is 17.6 Å². The van der Waals surface area contributed by atoms with Crippen molar-refractivity contribution in [3.63, 3.8) is 0 Å². The first-order chi connectivity index (χ1) is 15.5. The first kappa shape index (κ1) is 22.8. The predicted octanol–water partition coefficient (Wildman–Crippen LogP) is 2.88. The highest BCUT2D eigenvalue weighted by Crippen LogP contribution is 2.31. The number of nitro groups is 1. The lowest BCUT2D eigenvalue weighted by Gasteiger charge is -2.37. The Morgan fingerprint density at radius 3 is 2.52 bits per heavy atom. The van der Waals surface area contributed by atoms with Gasteiger partial charge in [-0.25, -0.2) is 0 Å². The number of ether oxygens (including phenoxy) is 2. The number of piperazine rings is 1. The summed E-state index contributed by atoms with van der Waals surface area (Å²) in [5.74, 6) is -0.497. The van der Waals surface area contributed by atoms with E-state index in [1.807, 2.05) is 11.9 Å². The van der Waals surface area contributed by atoms with Crippen molar-refractivity contribution in [3.8, 4) is 11.8 Å². The summed E-state index contributed by atoms with van der Waals surface area (Å²) in [6.07, 6.45) is -3.33. The highest BCUT2D eigenvalue weighted by atomic mass is 19.4. The van der Waals surface area contributed by atoms with E-state index in [1.54, 1.807) is 23.6 Å². The Morgan fingerprint density at radius 1 is 1.27 bits per heavy atom. The molecule has 0 amide bonds. The molecule has 13 heteroatoms. The number of rotatable bonds is 6. The minimum atomic E-state index is -4.72. The third-order valence-electron chi connectivity index (χ3n) is 5.46. The van der Waals surface area contributed by atoms with Crippen LogP contribution in [0.1, 0.15) is 19.4 Å². The molecule has 2 aliphatic heterocycles. The van der Waals surface area contributed by atoms with Gasteiger partial charge in [0, 0.05) is 37.7 Å². The lowest BCUT2D eigenvalue weighted by atomic mass is 10.1. The summed E-state index contributed by atoms with van der Waals surface area (Å²) in [6, 6.07) is 5.88. The Balaban J connectivity index is 1.28. The number of alkyl halides is 3. The molecule has 1 saturated heterocycles. The second kappa shape index (κ2) is 8.54. The molecule has 33 heavy (non-hydrogen) atoms. The monoisotopic (exact) mass is 468 g/mol. The maximum Gasteiger partial charge on any atom is 0.573 e. The standard InChI is InChI=1S/C20H23F3N6O4/c1-14(15-3-5-16(6-4-15)32-20(21,22)23)25-28-9-7-26(8-10-28)12-19(2)13-27-11-17(29(30)31)24-18(27)33-19/h3-6,11H,7-10,12-13H2,1-2H3/t19-/m0/s1. The van der Waals surface area contributed by atoms with Crippen molar-refractivity contribution in [1.29, 1.82) is 0 Å². The molecule has 2 aliphatic rings. The molecule has 0 spiro atoms. The zero-order valence-electron chi connectivity index (χ0n) is 18.1. The van der Waals surface area contributed by atoms with Gasteiger partial charge in [0.15, 0.2) is 0 Å². The average Bonchev–Trinajstić information content (AvgIpc) is 3.24. The van der Waals surface area contributed by atoms with Crippen LogP contribution in [0.15, 0.2) is 35.6 Å². The summed E-state index contributed by atoms with van der Waals surface area (Å²) in [5, 5.41) is 17.4. The van der Waals surface area contributed by atoms with E-state index in [1.165, 1.54) is 18.3 Å². The summed E-state index contributed by atoms with van der Waals surface area (Å²) in [6.45, 7) is 7.73. The van der Waals surface area contributed by atoms with E-state index in [0.717, 1.165) is 13.1 Å². The number of hydrogen-bond donors (Lipinski definition) is 0. The fourth-order valence-electron chi connectivity index (χ4n) is 4.00. The van der Waals surface area contributed by atoms with Crippen LogP contribution < -0.4 is 9.47 Å². The molecule has 1 atom stereocenters. The molecule has 0 radical (unpaired) electrons. The summed E-state index contributed by atoms with van der Waals surface area (Å²) < 4.78 is 48.3. The lowest BCUT2D eigenvalue weighted by Crippen LogP contribution is -2.51. The second-order valence-corrected chi connectivity index (χ2v) is 8.31. The molecule has 10 nitrogen and oxygen atoms in total. The summed E-state index contributed by atoms with van der Waals surface area (Å²) >= 11 is 0. The zero-order valence-corrected chi connectivity index (χ0v) is 18.1. The number of nitrogens with zero attached hydrogens (tertiary/aromatic N) is 6. The average molecular weight is 468 g/mol. The van der Waals surface area contributed by atoms with Crippen LogP contribution in [0.3, 0.4) is 0 Å². The molecule has 3 heterocycles. The number of halogens is 3. The Kier molecular flexibility index (Phi) is 5.91. The molecule has 4 rings (SSSR count). The molecule has 178 valence electrons. The maximum absolute atomic E-state index is 12.3. The highest BCUT2D eigenvalue weighted by molar-refractivity contribution is 5.98. The number of hydrazone groups is 1. The number of benzene rings is 1. The fourth-order valence-corrected chi connectivity index (χ4v) is 4.00. The summed E-state index contributed by atoms with van der Waals surface area (Å²) in [5.41, 5.74) is 0.876. The molecule has 1 aromatic heterocycles. The summed E-state index contributed by atoms with van der Waals surface area (Å²) in [7, 11) is 0. The normalized spacial score (nSPS) is 21.6. The molecule has 1 aromatic carbocycles. The van der Waals surface area contributed by atoms with Crippen molar-refractivity contribution < 1.29 is 27.6 Å². The van der Waals surface area contributed by atoms with Crippen LogP contribution in [0.25, 0.3) is 0 Å². The van der Waals surface area contributed by atoms with Crippen molar-refractivity contribution >= 4 is 11.5 Å². The van der Waals surface area contributed by atoms with E-state index in [9.17, 15) is 23.3 Å². The summed E-state index contributed by atoms with van der Waals surface area (Å²) in [4.78, 5) is 16.5. The van der Waals surface area contributed by atoms with Gasteiger partial charge in [-0.3, -0.25) is 14.5 Å². The first-order valence-corrected chi connectivity index (χ1v) is 10.3. The van der Waals surface area contributed by atoms with Crippen LogP contribution >= 0.6 is 0 Å². The van der Waals surface area contributed by atoms with Gasteiger partial charge in [0.25, 0.3) is 0 Å². The van der Waals surface area contributed by atoms with Crippen molar-refractivity contribution in [3.05, 3.63) is 46.1 Å². The fraction of sp³-hybridized carbons (Fsp3) is 0.500. The van der Waals surface area contributed by atoms with Gasteiger partial charge in [0.05, 0.1) is 12.3 Å². The van der Waals surface area contributed by atoms with Gasteiger partial charge >= 0.3 is 18.2 Å². The third kappa shape index (κ3) is 5.53. The van der Waals surface area contributed by atoms with Gasteiger partial charge < -0.3 is 19.6 Å². The molecule has 0 bridgehead atoms. The Morgan fingerprint density at radius 2 is 1.94 bits per heavy atom. The SMILES string of the molecule is CC(=NN1CCN(C[C@@]2(C)Cn3cc([N+](=O)[O-])nc3O2)CC1)c1ccc(OC(F)(F)F)cc1. The van der Waals surface area contributed by atoms with Gasteiger partial charge in [-0.1, -0.05) is 0 Å². The van der Waals surface area contributed by atoms with Crippen molar-refractivity contribution in [2.45, 2.75) is 32.4 Å². The van der Waals surface area contributed by atoms with E-state index in [0.29, 0.717) is 37.5 Å². The number of hydrogen-bond acceptors (Lipinski definition) is 8. The largest absolute Gasteiger partial charge is 0.573 e. The molecule has 0 saturated carbocycles. The predicted molar refractivity (Wildman–Crippen MR) is 111 cm³/mol. The minimum absolute atomic E-state index is 0.226. The third-order valence-corrected chi connectivity index (χ3v) is 5.46. The van der Waals surface area contributed by atoms with Crippen molar-refractivity contribution in [2.75, 3.05) is 32.7 Å². The maximum atomic E-state index is 12.3. The molecule has 0 N–H and O–H groups in total. The Hall–Kier alpha value is -3.35. The topological polar surface area (TPSA) is 98.3 Å². The highest BCUT2D eigenvalue weighted by Gasteiger charge is 2.41. The number of imidazole rings is 1. The number of aromatic nitrogens is 2. The van der Waals surface area contributed by atoms with Gasteiger partial charge in [-0.05, 0) is 48.6 Å². The molecular weight excluding hydrogens is 445 g/mol. The molecule has 0 unspecified atom stereocenters. The van der Waals surface area contributed by atoms with E-state index in [4.69, 9.17) is 4.74 Å². The van der Waals surface area contributed by atoms with Gasteiger partial charge in [-0.2, -0.15) is 5.10 Å². The van der Waals surface area contributed by atoms with Crippen LogP contribution in [0.5, 0.6) is 11.8 Å². The first-order valence-electron chi connectivity index (χ1n) is 10.3. The molecular formula is C20H23F3N6O4. The number of fused-ring (bicyclic) bond motifs is 1. The van der Waals surface area contributed by atoms with Gasteiger partial charge in [0.1, 0.15) is 17.5 Å². The lowest BCUT2D eigenvalue weighted by molar-refractivity contribution is -0.389. The van der Waals surface area contributed by atoms with Gasteiger partial charge in [0.2, 0.25) is 0 Å². The Bertz CT molecular complexity index is 1020. The van der Waals surface area contributed by atoms with Gasteiger partial charge in [-0.15, -0.1) is 13.2 Å².